The summed E-state index contributed by atoms with van der Waals surface area (Å²) in [6.07, 6.45) is 18.3. The highest BCUT2D eigenvalue weighted by Gasteiger charge is 2.22. The van der Waals surface area contributed by atoms with E-state index in [9.17, 15) is 5.11 Å². The molecular weight excluding hydrogens is 468 g/mol. The topological polar surface area (TPSA) is 121 Å². The third-order valence-corrected chi connectivity index (χ3v) is 6.42. The Morgan fingerprint density at radius 1 is 1.19 bits per heavy atom. The fraction of sp³-hybridized carbons (Fsp3) is 0.250. The van der Waals surface area contributed by atoms with Gasteiger partial charge in [-0.1, -0.05) is 12.1 Å². The van der Waals surface area contributed by atoms with Crippen molar-refractivity contribution in [2.24, 2.45) is 0 Å². The maximum absolute atomic E-state index is 9.65. The highest BCUT2D eigenvalue weighted by atomic mass is 16.5. The summed E-state index contributed by atoms with van der Waals surface area (Å²) in [5.74, 6) is 3.60. The molecule has 0 spiro atoms. The summed E-state index contributed by atoms with van der Waals surface area (Å²) in [6.45, 7) is 1.93. The Kier molecular flexibility index (Phi) is 6.81. The molecule has 3 heterocycles. The molecule has 0 amide bonds. The van der Waals surface area contributed by atoms with Crippen LogP contribution in [0.25, 0.3) is 27.7 Å². The predicted molar refractivity (Wildman–Crippen MR) is 144 cm³/mol. The number of ether oxygens (including phenoxy) is 2. The van der Waals surface area contributed by atoms with E-state index in [4.69, 9.17) is 25.9 Å². The second kappa shape index (κ2) is 10.5. The number of anilines is 2. The molecule has 1 aliphatic carbocycles. The van der Waals surface area contributed by atoms with E-state index in [0.29, 0.717) is 23.2 Å². The second-order valence-electron chi connectivity index (χ2n) is 8.88. The fourth-order valence-electron chi connectivity index (χ4n) is 4.46. The van der Waals surface area contributed by atoms with E-state index < -0.39 is 0 Å². The van der Waals surface area contributed by atoms with E-state index in [1.165, 1.54) is 6.08 Å². The first-order valence-electron chi connectivity index (χ1n) is 12.1. The maximum Gasteiger partial charge on any atom is 0.232 e. The summed E-state index contributed by atoms with van der Waals surface area (Å²) in [6, 6.07) is 5.83. The lowest BCUT2D eigenvalue weighted by Gasteiger charge is -2.16. The van der Waals surface area contributed by atoms with Gasteiger partial charge in [-0.2, -0.15) is 15.1 Å². The molecule has 0 saturated heterocycles. The van der Waals surface area contributed by atoms with E-state index >= 15 is 0 Å². The van der Waals surface area contributed by atoms with E-state index in [0.717, 1.165) is 59.0 Å². The number of allylic oxidation sites excluding steroid dienone is 4. The number of aliphatic hydroxyl groups is 1. The minimum atomic E-state index is -0.142. The predicted octanol–water partition coefficient (Wildman–Crippen LogP) is 5.90. The second-order valence-corrected chi connectivity index (χ2v) is 8.88. The number of fused-ring (bicyclic) bond motifs is 1. The van der Waals surface area contributed by atoms with Crippen molar-refractivity contribution >= 4 is 28.2 Å². The molecular formula is C28H28N6O3. The van der Waals surface area contributed by atoms with Gasteiger partial charge in [-0.25, -0.2) is 0 Å². The Labute approximate surface area is 214 Å². The third kappa shape index (κ3) is 5.14. The summed E-state index contributed by atoms with van der Waals surface area (Å²) < 4.78 is 12.0. The Morgan fingerprint density at radius 3 is 2.76 bits per heavy atom. The van der Waals surface area contributed by atoms with Crippen molar-refractivity contribution in [3.05, 3.63) is 60.3 Å². The average Bonchev–Trinajstić information content (AvgIpc) is 3.69. The van der Waals surface area contributed by atoms with Crippen LogP contribution in [0.15, 0.2) is 54.7 Å². The Morgan fingerprint density at radius 2 is 2.03 bits per heavy atom. The van der Waals surface area contributed by atoms with Crippen molar-refractivity contribution in [3.63, 3.8) is 0 Å². The molecule has 1 fully saturated rings. The van der Waals surface area contributed by atoms with Gasteiger partial charge in [0.25, 0.3) is 0 Å². The Bertz CT molecular complexity index is 1500. The van der Waals surface area contributed by atoms with Crippen molar-refractivity contribution in [1.82, 2.24) is 25.1 Å². The molecule has 3 aromatic heterocycles. The van der Waals surface area contributed by atoms with Crippen molar-refractivity contribution in [2.75, 3.05) is 12.4 Å². The van der Waals surface area contributed by atoms with E-state index in [1.54, 1.807) is 19.4 Å². The van der Waals surface area contributed by atoms with Crippen LogP contribution >= 0.6 is 0 Å². The lowest BCUT2D eigenvalue weighted by molar-refractivity contribution is 0.204. The van der Waals surface area contributed by atoms with Gasteiger partial charge < -0.3 is 24.9 Å². The van der Waals surface area contributed by atoms with Gasteiger partial charge >= 0.3 is 0 Å². The van der Waals surface area contributed by atoms with Crippen molar-refractivity contribution in [2.45, 2.75) is 38.7 Å². The smallest absolute Gasteiger partial charge is 0.232 e. The SMILES string of the molecule is C#C/C(O)=C\C=C(/C)c1c[nH]c2nc(Nc3ccc(-c4cn[nH]c4)cc3OC)nc(OC3CCCC3)c12. The molecule has 4 N–H and O–H groups in total. The van der Waals surface area contributed by atoms with Gasteiger partial charge in [0.1, 0.15) is 17.5 Å². The molecule has 188 valence electrons. The van der Waals surface area contributed by atoms with Gasteiger partial charge in [-0.15, -0.1) is 6.42 Å². The molecule has 9 heteroatoms. The molecule has 0 unspecified atom stereocenters. The molecule has 1 aromatic carbocycles. The van der Waals surface area contributed by atoms with E-state index in [1.807, 2.05) is 37.5 Å². The molecule has 5 rings (SSSR count). The normalized spacial score (nSPS) is 14.6. The van der Waals surface area contributed by atoms with Crippen LogP contribution in [0.4, 0.5) is 11.6 Å². The van der Waals surface area contributed by atoms with Crippen LogP contribution in [-0.4, -0.2) is 43.5 Å². The summed E-state index contributed by atoms with van der Waals surface area (Å²) in [5.41, 5.74) is 5.04. The number of aromatic amines is 2. The van der Waals surface area contributed by atoms with E-state index in [-0.39, 0.29) is 11.9 Å². The number of nitrogens with one attached hydrogen (secondary N) is 3. The van der Waals surface area contributed by atoms with Crippen LogP contribution in [0.5, 0.6) is 11.6 Å². The zero-order valence-corrected chi connectivity index (χ0v) is 20.7. The van der Waals surface area contributed by atoms with Gasteiger partial charge in [0.15, 0.2) is 5.76 Å². The van der Waals surface area contributed by atoms with Crippen molar-refractivity contribution < 1.29 is 14.6 Å². The largest absolute Gasteiger partial charge is 0.501 e. The number of H-pyrrole nitrogens is 2. The van der Waals surface area contributed by atoms with Crippen molar-refractivity contribution in [1.29, 1.82) is 0 Å². The number of nitrogens with zero attached hydrogens (tertiary/aromatic N) is 3. The molecule has 0 radical (unpaired) electrons. The fourth-order valence-corrected chi connectivity index (χ4v) is 4.46. The van der Waals surface area contributed by atoms with Crippen LogP contribution in [0.1, 0.15) is 38.2 Å². The van der Waals surface area contributed by atoms with E-state index in [2.05, 4.69) is 26.4 Å². The highest BCUT2D eigenvalue weighted by Crippen LogP contribution is 2.36. The number of methoxy groups -OCH3 is 1. The lowest BCUT2D eigenvalue weighted by atomic mass is 10.1. The van der Waals surface area contributed by atoms with Gasteiger partial charge in [0, 0.05) is 23.5 Å². The minimum Gasteiger partial charge on any atom is -0.501 e. The zero-order valence-electron chi connectivity index (χ0n) is 20.7. The van der Waals surface area contributed by atoms with Crippen LogP contribution in [0, 0.1) is 12.3 Å². The molecule has 1 aliphatic rings. The molecule has 37 heavy (non-hydrogen) atoms. The highest BCUT2D eigenvalue weighted by molar-refractivity contribution is 5.94. The minimum absolute atomic E-state index is 0.104. The van der Waals surface area contributed by atoms with Crippen LogP contribution < -0.4 is 14.8 Å². The standard InChI is InChI=1S/C28H28N6O3/c1-4-20(35)11-9-17(2)22-16-29-26-25(22)27(37-21-7-5-6-8-21)34-28(33-26)32-23-12-10-18(13-24(23)36-3)19-14-30-31-15-19/h1,9-16,21,35H,5-8H2,2-3H3,(H,30,31)(H2,29,32,33,34)/b17-9+,20-11+. The van der Waals surface area contributed by atoms with Gasteiger partial charge in [0.05, 0.1) is 24.4 Å². The lowest BCUT2D eigenvalue weighted by Crippen LogP contribution is -2.13. The Balaban J connectivity index is 1.53. The molecule has 1 saturated carbocycles. The first-order chi connectivity index (χ1) is 18.1. The number of terminal acetylenes is 1. The molecule has 0 aliphatic heterocycles. The number of benzene rings is 1. The van der Waals surface area contributed by atoms with Gasteiger partial charge in [-0.05, 0) is 67.9 Å². The Hall–Kier alpha value is -4.71. The molecule has 9 nitrogen and oxygen atoms in total. The van der Waals surface area contributed by atoms with Gasteiger partial charge in [0.2, 0.25) is 11.8 Å². The summed E-state index contributed by atoms with van der Waals surface area (Å²) in [7, 11) is 1.62. The number of rotatable bonds is 8. The number of aliphatic hydroxyl groups excluding tert-OH is 1. The first-order valence-corrected chi connectivity index (χ1v) is 12.1. The number of aromatic nitrogens is 5. The summed E-state index contributed by atoms with van der Waals surface area (Å²) in [5, 5.41) is 20.6. The molecule has 0 bridgehead atoms. The number of hydrogen-bond acceptors (Lipinski definition) is 7. The zero-order chi connectivity index (χ0) is 25.8. The first kappa shape index (κ1) is 24.0. The van der Waals surface area contributed by atoms with Crippen molar-refractivity contribution in [3.8, 4) is 35.1 Å². The average molecular weight is 497 g/mol. The quantitative estimate of drug-likeness (QED) is 0.136. The summed E-state index contributed by atoms with van der Waals surface area (Å²) in [4.78, 5) is 12.7. The van der Waals surface area contributed by atoms with Crippen LogP contribution in [0.2, 0.25) is 0 Å². The van der Waals surface area contributed by atoms with Gasteiger partial charge in [-0.3, -0.25) is 5.10 Å². The third-order valence-electron chi connectivity index (χ3n) is 6.42. The van der Waals surface area contributed by atoms with Crippen LogP contribution in [0.3, 0.4) is 0 Å². The monoisotopic (exact) mass is 496 g/mol. The number of hydrogen-bond donors (Lipinski definition) is 4. The van der Waals surface area contributed by atoms with Crippen LogP contribution in [-0.2, 0) is 0 Å². The molecule has 0 atom stereocenters. The molecule has 4 aromatic rings. The maximum atomic E-state index is 9.65. The summed E-state index contributed by atoms with van der Waals surface area (Å²) >= 11 is 0.